The van der Waals surface area contributed by atoms with Crippen molar-refractivity contribution in [2.45, 2.75) is 25.9 Å². The van der Waals surface area contributed by atoms with Gasteiger partial charge in [-0.25, -0.2) is 14.4 Å². The number of hydrogen-bond acceptors (Lipinski definition) is 8. The number of carbonyl (C=O) groups is 4. The minimum Gasteiger partial charge on any atom is -0.480 e. The van der Waals surface area contributed by atoms with Crippen LogP contribution in [0.15, 0.2) is 25.3 Å². The van der Waals surface area contributed by atoms with E-state index in [0.717, 1.165) is 6.26 Å². The molecule has 0 bridgehead atoms. The maximum atomic E-state index is 11.4. The summed E-state index contributed by atoms with van der Waals surface area (Å²) in [4.78, 5) is 44.1. The van der Waals surface area contributed by atoms with Gasteiger partial charge in [0.15, 0.2) is 5.88 Å². The largest absolute Gasteiger partial charge is 0.521 e. The quantitative estimate of drug-likeness (QED) is 0.347. The molecule has 3 N–H and O–H groups in total. The molecule has 0 aliphatic carbocycles. The first kappa shape index (κ1) is 19.0. The molecule has 0 aromatic rings. The van der Waals surface area contributed by atoms with Crippen LogP contribution >= 0.6 is 0 Å². The molecule has 0 saturated carbocycles. The molecule has 0 saturated heterocycles. The second-order valence-corrected chi connectivity index (χ2v) is 3.84. The van der Waals surface area contributed by atoms with Gasteiger partial charge in [0.25, 0.3) is 0 Å². The highest BCUT2D eigenvalue weighted by Gasteiger charge is 2.21. The monoisotopic (exact) mass is 316 g/mol. The maximum Gasteiger partial charge on any atom is 0.521 e. The van der Waals surface area contributed by atoms with Crippen molar-refractivity contribution in [3.05, 3.63) is 25.3 Å². The molecule has 0 aromatic carbocycles. The average molecular weight is 316 g/mol. The SMILES string of the molecule is C=COC(=O)OC(=O)[C@H](C)NC(=C)OC(=O)N[C@@H](C)C(=O)O. The van der Waals surface area contributed by atoms with Crippen molar-refractivity contribution < 1.29 is 38.5 Å². The van der Waals surface area contributed by atoms with E-state index in [1.54, 1.807) is 0 Å². The van der Waals surface area contributed by atoms with E-state index >= 15 is 0 Å². The first-order valence-electron chi connectivity index (χ1n) is 5.87. The van der Waals surface area contributed by atoms with Crippen LogP contribution < -0.4 is 10.6 Å². The lowest BCUT2D eigenvalue weighted by Crippen LogP contribution is -2.41. The minimum atomic E-state index is -1.27. The summed E-state index contributed by atoms with van der Waals surface area (Å²) >= 11 is 0. The standard InChI is InChI=1S/C12H16N2O8/c1-5-20-12(19)22-10(17)7(3)13-8(4)21-11(18)14-6(2)9(15)16/h5-7,13H,1,4H2,2-3H3,(H,14,18)(H,15,16)/t6-,7-/m0/s1. The second kappa shape index (κ2) is 9.00. The molecule has 0 rings (SSSR count). The van der Waals surface area contributed by atoms with Crippen LogP contribution in [-0.2, 0) is 23.8 Å². The number of alkyl carbamates (subject to hydrolysis) is 1. The number of carboxylic acid groups (broad SMARTS) is 1. The van der Waals surface area contributed by atoms with Crippen LogP contribution in [0.25, 0.3) is 0 Å². The van der Waals surface area contributed by atoms with Crippen LogP contribution in [-0.4, -0.2) is 41.4 Å². The highest BCUT2D eigenvalue weighted by molar-refractivity contribution is 5.85. The zero-order valence-corrected chi connectivity index (χ0v) is 12.0. The number of nitrogens with one attached hydrogen (secondary N) is 2. The number of amides is 1. The van der Waals surface area contributed by atoms with E-state index < -0.39 is 36.3 Å². The number of esters is 1. The van der Waals surface area contributed by atoms with Gasteiger partial charge >= 0.3 is 24.2 Å². The van der Waals surface area contributed by atoms with Crippen molar-refractivity contribution in [1.82, 2.24) is 10.6 Å². The number of carboxylic acids is 1. The van der Waals surface area contributed by atoms with Crippen molar-refractivity contribution in [2.75, 3.05) is 0 Å². The normalized spacial score (nSPS) is 12.1. The number of rotatable bonds is 7. The Kier molecular flexibility index (Phi) is 7.76. The molecule has 0 aliphatic rings. The Morgan fingerprint density at radius 1 is 1.09 bits per heavy atom. The lowest BCUT2D eigenvalue weighted by Gasteiger charge is -2.16. The van der Waals surface area contributed by atoms with Gasteiger partial charge in [0, 0.05) is 0 Å². The first-order chi connectivity index (χ1) is 10.2. The van der Waals surface area contributed by atoms with E-state index in [0.29, 0.717) is 0 Å². The van der Waals surface area contributed by atoms with E-state index in [4.69, 9.17) is 5.11 Å². The zero-order valence-electron chi connectivity index (χ0n) is 12.0. The van der Waals surface area contributed by atoms with Crippen LogP contribution in [0.3, 0.4) is 0 Å². The highest BCUT2D eigenvalue weighted by Crippen LogP contribution is 1.98. The van der Waals surface area contributed by atoms with Gasteiger partial charge in [0.1, 0.15) is 12.1 Å². The molecular formula is C12H16N2O8. The van der Waals surface area contributed by atoms with Crippen molar-refractivity contribution in [3.63, 3.8) is 0 Å². The Hall–Kier alpha value is -3.04. The third kappa shape index (κ3) is 7.53. The Bertz CT molecular complexity index is 488. The topological polar surface area (TPSA) is 140 Å². The van der Waals surface area contributed by atoms with E-state index in [-0.39, 0.29) is 5.88 Å². The number of hydrogen-bond donors (Lipinski definition) is 3. The van der Waals surface area contributed by atoms with Gasteiger partial charge < -0.3 is 30.0 Å². The van der Waals surface area contributed by atoms with Gasteiger partial charge in [-0.3, -0.25) is 4.79 Å². The summed E-state index contributed by atoms with van der Waals surface area (Å²) in [7, 11) is 0. The molecule has 10 nitrogen and oxygen atoms in total. The second-order valence-electron chi connectivity index (χ2n) is 3.84. The van der Waals surface area contributed by atoms with Gasteiger partial charge in [-0.05, 0) is 20.4 Å². The molecule has 1 amide bonds. The maximum absolute atomic E-state index is 11.4. The molecule has 0 fully saturated rings. The average Bonchev–Trinajstić information content (AvgIpc) is 2.37. The fraction of sp³-hybridized carbons (Fsp3) is 0.333. The summed E-state index contributed by atoms with van der Waals surface area (Å²) < 4.78 is 13.0. The smallest absolute Gasteiger partial charge is 0.480 e. The van der Waals surface area contributed by atoms with E-state index in [9.17, 15) is 19.2 Å². The predicted molar refractivity (Wildman–Crippen MR) is 71.2 cm³/mol. The predicted octanol–water partition coefficient (Wildman–Crippen LogP) is 0.458. The Balaban J connectivity index is 4.27. The van der Waals surface area contributed by atoms with Gasteiger partial charge in [-0.1, -0.05) is 6.58 Å². The molecule has 0 spiro atoms. The van der Waals surface area contributed by atoms with Crippen LogP contribution in [0.1, 0.15) is 13.8 Å². The van der Waals surface area contributed by atoms with Crippen molar-refractivity contribution in [2.24, 2.45) is 0 Å². The van der Waals surface area contributed by atoms with Crippen molar-refractivity contribution in [1.29, 1.82) is 0 Å². The Labute approximate surface area is 125 Å². The molecule has 0 unspecified atom stereocenters. The van der Waals surface area contributed by atoms with E-state index in [2.05, 4.69) is 32.7 Å². The summed E-state index contributed by atoms with van der Waals surface area (Å²) in [6.07, 6.45) is -1.57. The van der Waals surface area contributed by atoms with E-state index in [1.165, 1.54) is 13.8 Å². The lowest BCUT2D eigenvalue weighted by atomic mass is 10.3. The van der Waals surface area contributed by atoms with Gasteiger partial charge in [-0.2, -0.15) is 0 Å². The van der Waals surface area contributed by atoms with E-state index in [1.807, 2.05) is 5.32 Å². The first-order valence-corrected chi connectivity index (χ1v) is 5.87. The van der Waals surface area contributed by atoms with Crippen LogP contribution in [0.2, 0.25) is 0 Å². The Morgan fingerprint density at radius 2 is 1.68 bits per heavy atom. The van der Waals surface area contributed by atoms with Gasteiger partial charge in [-0.15, -0.1) is 0 Å². The molecule has 0 aliphatic heterocycles. The number of ether oxygens (including phenoxy) is 3. The number of aliphatic carboxylic acids is 1. The zero-order chi connectivity index (χ0) is 17.3. The summed E-state index contributed by atoms with van der Waals surface area (Å²) in [5.41, 5.74) is 0. The molecule has 10 heteroatoms. The highest BCUT2D eigenvalue weighted by atomic mass is 16.7. The molecule has 0 aromatic heterocycles. The summed E-state index contributed by atoms with van der Waals surface area (Å²) in [6.45, 7) is 8.93. The van der Waals surface area contributed by atoms with Gasteiger partial charge in [0.2, 0.25) is 0 Å². The summed E-state index contributed by atoms with van der Waals surface area (Å²) in [5, 5.41) is 12.9. The fourth-order valence-electron chi connectivity index (χ4n) is 0.972. The van der Waals surface area contributed by atoms with Gasteiger partial charge in [0.05, 0.1) is 6.26 Å². The molecular weight excluding hydrogens is 300 g/mol. The Morgan fingerprint density at radius 3 is 2.18 bits per heavy atom. The molecule has 0 radical (unpaired) electrons. The van der Waals surface area contributed by atoms with Crippen LogP contribution in [0.5, 0.6) is 0 Å². The fourth-order valence-corrected chi connectivity index (χ4v) is 0.972. The molecule has 22 heavy (non-hydrogen) atoms. The van der Waals surface area contributed by atoms with Crippen molar-refractivity contribution in [3.8, 4) is 0 Å². The number of carbonyl (C=O) groups excluding carboxylic acids is 3. The minimum absolute atomic E-state index is 0.350. The summed E-state index contributed by atoms with van der Waals surface area (Å²) in [6, 6.07) is -2.26. The third-order valence-corrected chi connectivity index (χ3v) is 2.02. The van der Waals surface area contributed by atoms with Crippen molar-refractivity contribution >= 4 is 24.2 Å². The third-order valence-electron chi connectivity index (χ3n) is 2.02. The van der Waals surface area contributed by atoms with Crippen LogP contribution in [0, 0.1) is 0 Å². The molecule has 0 heterocycles. The molecule has 122 valence electrons. The summed E-state index contributed by atoms with van der Waals surface area (Å²) in [5.74, 6) is -2.62. The lowest BCUT2D eigenvalue weighted by molar-refractivity contribution is -0.141. The van der Waals surface area contributed by atoms with Crippen LogP contribution in [0.4, 0.5) is 9.59 Å². The molecule has 2 atom stereocenters.